The molecule has 39 heavy (non-hydrogen) atoms. The molecule has 0 radical (unpaired) electrons. The van der Waals surface area contributed by atoms with Gasteiger partial charge >= 0.3 is 0 Å². The monoisotopic (exact) mass is 563 g/mol. The predicted octanol–water partition coefficient (Wildman–Crippen LogP) is 1.29. The lowest BCUT2D eigenvalue weighted by atomic mass is 9.93. The molecular weight excluding hydrogens is 518 g/mol. The molecule has 1 aliphatic heterocycles. The molecule has 0 aromatic heterocycles. The maximum Gasteiger partial charge on any atom is 0.220 e. The zero-order valence-corrected chi connectivity index (χ0v) is 23.9. The van der Waals surface area contributed by atoms with Crippen molar-refractivity contribution in [2.75, 3.05) is 31.8 Å². The number of carbonyl (C=O) groups excluding carboxylic acids is 1. The van der Waals surface area contributed by atoms with E-state index in [4.69, 9.17) is 0 Å². The highest BCUT2D eigenvalue weighted by atomic mass is 32.2. The highest BCUT2D eigenvalue weighted by Gasteiger charge is 2.40. The molecule has 1 unspecified atom stereocenters. The normalized spacial score (nSPS) is 24.5. The lowest BCUT2D eigenvalue weighted by Crippen LogP contribution is -2.57. The first-order valence-corrected chi connectivity index (χ1v) is 15.7. The number of carbonyl (C=O) groups is 1. The van der Waals surface area contributed by atoms with Crippen LogP contribution in [0.15, 0.2) is 42.5 Å². The van der Waals surface area contributed by atoms with E-state index < -0.39 is 54.6 Å². The molecule has 1 fully saturated rings. The van der Waals surface area contributed by atoms with Crippen molar-refractivity contribution >= 4 is 16.8 Å². The quantitative estimate of drug-likeness (QED) is 0.135. The first-order chi connectivity index (χ1) is 18.6. The number of amides is 1. The van der Waals surface area contributed by atoms with Gasteiger partial charge in [-0.15, -0.1) is 0 Å². The lowest BCUT2D eigenvalue weighted by molar-refractivity contribution is -0.125. The largest absolute Gasteiger partial charge is 0.394 e. The Labute approximate surface area is 234 Å². The van der Waals surface area contributed by atoms with E-state index in [1.165, 1.54) is 22.3 Å². The summed E-state index contributed by atoms with van der Waals surface area (Å²) in [5.74, 6) is 0.228. The maximum absolute atomic E-state index is 12.1. The van der Waals surface area contributed by atoms with Crippen molar-refractivity contribution in [1.82, 2.24) is 5.32 Å². The molecule has 0 saturated carbocycles. The fourth-order valence-electron chi connectivity index (χ4n) is 5.17. The van der Waals surface area contributed by atoms with Crippen molar-refractivity contribution < 1.29 is 35.4 Å². The maximum atomic E-state index is 12.1. The van der Waals surface area contributed by atoms with Crippen LogP contribution in [0.1, 0.15) is 58.8 Å². The molecule has 218 valence electrons. The van der Waals surface area contributed by atoms with Crippen LogP contribution in [0.4, 0.5) is 0 Å². The van der Waals surface area contributed by atoms with Crippen molar-refractivity contribution in [3.63, 3.8) is 0 Å². The molecule has 8 nitrogen and oxygen atoms in total. The zero-order valence-electron chi connectivity index (χ0n) is 23.0. The Kier molecular flexibility index (Phi) is 11.8. The van der Waals surface area contributed by atoms with Crippen molar-refractivity contribution in [3.8, 4) is 0 Å². The molecule has 7 N–H and O–H groups in total. The number of rotatable bonds is 13. The summed E-state index contributed by atoms with van der Waals surface area (Å²) >= 11 is 0. The SMILES string of the molecule is Cc1ccc([C@H]2[C@H](O)[C@H](O)[C@H](O)C[SH]2C)cc1Cc1ccc(CCCCCC(=O)NC(CO)(CO)CO)cc1. The summed E-state index contributed by atoms with van der Waals surface area (Å²) in [5.41, 5.74) is 4.41. The van der Waals surface area contributed by atoms with E-state index in [1.807, 2.05) is 6.07 Å². The standard InChI is InChI=1S/C30H45NO7S/c1-20-8-13-23(29-28(38)27(37)25(35)16-39(29)2)15-24(20)14-22-11-9-21(10-12-22)6-4-3-5-7-26(36)31-30(17-32,18-33)19-34/h8-13,15,25,27-29,32-35,37-39H,3-7,14,16-19H2,1-2H3,(H,31,36)/t25-,27-,28-,29+/m1/s1. The van der Waals surface area contributed by atoms with E-state index >= 15 is 0 Å². The number of hydrogen-bond donors (Lipinski definition) is 8. The number of thiol groups is 1. The molecule has 5 atom stereocenters. The zero-order chi connectivity index (χ0) is 28.6. The van der Waals surface area contributed by atoms with Gasteiger partial charge in [0.2, 0.25) is 5.91 Å². The van der Waals surface area contributed by atoms with Gasteiger partial charge in [0, 0.05) is 17.4 Å². The first kappa shape index (κ1) is 31.5. The Bertz CT molecular complexity index is 1050. The van der Waals surface area contributed by atoms with Crippen molar-refractivity contribution in [3.05, 3.63) is 70.3 Å². The van der Waals surface area contributed by atoms with Gasteiger partial charge in [-0.05, 0) is 66.7 Å². The van der Waals surface area contributed by atoms with E-state index in [0.717, 1.165) is 31.2 Å². The van der Waals surface area contributed by atoms with Crippen LogP contribution in [0.25, 0.3) is 0 Å². The smallest absolute Gasteiger partial charge is 0.220 e. The number of hydrogen-bond acceptors (Lipinski definition) is 7. The molecule has 1 heterocycles. The minimum atomic E-state index is -1.37. The van der Waals surface area contributed by atoms with E-state index in [0.29, 0.717) is 12.2 Å². The highest BCUT2D eigenvalue weighted by molar-refractivity contribution is 8.16. The average Bonchev–Trinajstić information content (AvgIpc) is 2.93. The molecule has 0 bridgehead atoms. The van der Waals surface area contributed by atoms with Gasteiger partial charge < -0.3 is 36.0 Å². The van der Waals surface area contributed by atoms with Crippen molar-refractivity contribution in [1.29, 1.82) is 0 Å². The van der Waals surface area contributed by atoms with Gasteiger partial charge in [-0.2, -0.15) is 0 Å². The van der Waals surface area contributed by atoms with Crippen LogP contribution < -0.4 is 5.32 Å². The number of aryl methyl sites for hydroxylation is 2. The number of unbranched alkanes of at least 4 members (excludes halogenated alkanes) is 2. The van der Waals surface area contributed by atoms with E-state index in [9.17, 15) is 35.4 Å². The summed E-state index contributed by atoms with van der Waals surface area (Å²) in [6, 6.07) is 14.8. The molecule has 0 spiro atoms. The van der Waals surface area contributed by atoms with Crippen LogP contribution >= 0.6 is 10.9 Å². The van der Waals surface area contributed by atoms with E-state index in [2.05, 4.69) is 54.9 Å². The Morgan fingerprint density at radius 3 is 2.21 bits per heavy atom. The van der Waals surface area contributed by atoms with Gasteiger partial charge in [0.25, 0.3) is 0 Å². The predicted molar refractivity (Wildman–Crippen MR) is 155 cm³/mol. The van der Waals surface area contributed by atoms with Gasteiger partial charge in [-0.25, -0.2) is 10.9 Å². The number of benzene rings is 2. The third kappa shape index (κ3) is 8.27. The Balaban J connectivity index is 1.50. The summed E-state index contributed by atoms with van der Waals surface area (Å²) < 4.78 is 0. The average molecular weight is 564 g/mol. The Morgan fingerprint density at radius 2 is 1.56 bits per heavy atom. The van der Waals surface area contributed by atoms with Crippen LogP contribution in [-0.4, -0.2) is 92.2 Å². The molecule has 3 rings (SSSR count). The molecule has 9 heteroatoms. The van der Waals surface area contributed by atoms with Crippen LogP contribution in [0.5, 0.6) is 0 Å². The van der Waals surface area contributed by atoms with Gasteiger partial charge in [0.05, 0.1) is 32.0 Å². The number of nitrogens with one attached hydrogen (secondary N) is 1. The molecule has 2 aromatic carbocycles. The third-order valence-corrected chi connectivity index (χ3v) is 10.3. The van der Waals surface area contributed by atoms with Crippen LogP contribution in [-0.2, 0) is 17.6 Å². The van der Waals surface area contributed by atoms with Crippen molar-refractivity contribution in [2.24, 2.45) is 0 Å². The molecular formula is C30H45NO7S. The summed E-state index contributed by atoms with van der Waals surface area (Å²) in [6.45, 7) is 0.512. The van der Waals surface area contributed by atoms with Crippen molar-refractivity contribution in [2.45, 2.75) is 74.5 Å². The van der Waals surface area contributed by atoms with Crippen LogP contribution in [0.2, 0.25) is 0 Å². The van der Waals surface area contributed by atoms with Gasteiger partial charge in [0.1, 0.15) is 11.6 Å². The summed E-state index contributed by atoms with van der Waals surface area (Å²) in [5, 5.41) is 61.3. The van der Waals surface area contributed by atoms with E-state index in [-0.39, 0.29) is 17.6 Å². The molecule has 1 saturated heterocycles. The second kappa shape index (κ2) is 14.6. The molecule has 0 aliphatic carbocycles. The summed E-state index contributed by atoms with van der Waals surface area (Å²) in [6.07, 6.45) is 3.54. The minimum Gasteiger partial charge on any atom is -0.394 e. The molecule has 2 aromatic rings. The first-order valence-electron chi connectivity index (χ1n) is 13.7. The van der Waals surface area contributed by atoms with Gasteiger partial charge in [0.15, 0.2) is 0 Å². The van der Waals surface area contributed by atoms with Gasteiger partial charge in [-0.3, -0.25) is 4.79 Å². The Hall–Kier alpha value is -1.98. The fraction of sp³-hybridized carbons (Fsp3) is 0.567. The minimum absolute atomic E-state index is 0.159. The summed E-state index contributed by atoms with van der Waals surface area (Å²) in [4.78, 5) is 12.1. The van der Waals surface area contributed by atoms with Crippen LogP contribution in [0, 0.1) is 6.92 Å². The van der Waals surface area contributed by atoms with Gasteiger partial charge in [-0.1, -0.05) is 48.9 Å². The second-order valence-corrected chi connectivity index (χ2v) is 13.4. The summed E-state index contributed by atoms with van der Waals surface area (Å²) in [7, 11) is -0.656. The molecule has 1 amide bonds. The number of aliphatic hydroxyl groups is 6. The fourth-order valence-corrected chi connectivity index (χ4v) is 7.57. The van der Waals surface area contributed by atoms with E-state index in [1.54, 1.807) is 0 Å². The molecule has 1 aliphatic rings. The number of aliphatic hydroxyl groups excluding tert-OH is 6. The third-order valence-electron chi connectivity index (χ3n) is 7.83. The topological polar surface area (TPSA) is 150 Å². The van der Waals surface area contributed by atoms with Crippen LogP contribution in [0.3, 0.4) is 0 Å². The highest BCUT2D eigenvalue weighted by Crippen LogP contribution is 2.48. The second-order valence-electron chi connectivity index (χ2n) is 11.0. The Morgan fingerprint density at radius 1 is 0.923 bits per heavy atom. The lowest BCUT2D eigenvalue weighted by Gasteiger charge is -2.42.